The van der Waals surface area contributed by atoms with Crippen LogP contribution in [0.1, 0.15) is 18.2 Å². The number of aliphatic imine (C=N–C) groups is 1. The van der Waals surface area contributed by atoms with Crippen molar-refractivity contribution >= 4 is 41.3 Å². The van der Waals surface area contributed by atoms with E-state index in [0.717, 1.165) is 34.2 Å². The van der Waals surface area contributed by atoms with Gasteiger partial charge in [0.05, 0.1) is 37.9 Å². The Morgan fingerprint density at radius 1 is 1.21 bits per heavy atom. The van der Waals surface area contributed by atoms with Gasteiger partial charge in [0.15, 0.2) is 5.96 Å². The molecule has 2 heterocycles. The van der Waals surface area contributed by atoms with E-state index in [0.29, 0.717) is 24.9 Å². The first-order chi connectivity index (χ1) is 13.7. The van der Waals surface area contributed by atoms with E-state index in [9.17, 15) is 0 Å². The van der Waals surface area contributed by atoms with Crippen molar-refractivity contribution in [3.05, 3.63) is 53.2 Å². The quantitative estimate of drug-likeness (QED) is 0.258. The molecular weight excluding hydrogens is 503 g/mol. The SMILES string of the molecule is CCNC(=NCc1ccc(OC)cc1OC)NCc1coc(-c2cccs2)n1.I. The monoisotopic (exact) mass is 528 g/mol. The summed E-state index contributed by atoms with van der Waals surface area (Å²) in [6, 6.07) is 9.67. The lowest BCUT2D eigenvalue weighted by Crippen LogP contribution is -2.36. The molecule has 3 rings (SSSR count). The molecule has 156 valence electrons. The zero-order valence-electron chi connectivity index (χ0n) is 16.6. The van der Waals surface area contributed by atoms with Crippen LogP contribution in [0.2, 0.25) is 0 Å². The molecule has 0 bridgehead atoms. The Hall–Kier alpha value is -2.27. The fourth-order valence-corrected chi connectivity index (χ4v) is 3.22. The molecule has 0 saturated carbocycles. The Bertz CT molecular complexity index is 912. The molecule has 0 unspecified atom stereocenters. The predicted octanol–water partition coefficient (Wildman–Crippen LogP) is 4.29. The van der Waals surface area contributed by atoms with Crippen LogP contribution in [-0.2, 0) is 13.1 Å². The summed E-state index contributed by atoms with van der Waals surface area (Å²) in [5, 5.41) is 8.52. The standard InChI is InChI=1S/C20H24N4O3S.HI/c1-4-21-20(22-11-14-7-8-16(25-2)10-17(14)26-3)23-12-15-13-27-19(24-15)18-6-5-9-28-18;/h5-10,13H,4,11-12H2,1-3H3,(H2,21,22,23);1H. The van der Waals surface area contributed by atoms with Gasteiger partial charge in [0.25, 0.3) is 0 Å². The Labute approximate surface area is 191 Å². The summed E-state index contributed by atoms with van der Waals surface area (Å²) in [5.41, 5.74) is 1.79. The lowest BCUT2D eigenvalue weighted by Gasteiger charge is -2.12. The van der Waals surface area contributed by atoms with E-state index in [4.69, 9.17) is 13.9 Å². The summed E-state index contributed by atoms with van der Waals surface area (Å²) in [5.74, 6) is 2.83. The average Bonchev–Trinajstić information content (AvgIpc) is 3.41. The summed E-state index contributed by atoms with van der Waals surface area (Å²) in [6.07, 6.45) is 1.66. The van der Waals surface area contributed by atoms with Crippen LogP contribution < -0.4 is 20.1 Å². The summed E-state index contributed by atoms with van der Waals surface area (Å²) in [6.45, 7) is 3.77. The number of aromatic nitrogens is 1. The number of nitrogens with one attached hydrogen (secondary N) is 2. The topological polar surface area (TPSA) is 80.9 Å². The third-order valence-corrected chi connectivity index (χ3v) is 4.82. The third-order valence-electron chi connectivity index (χ3n) is 3.97. The maximum absolute atomic E-state index is 5.55. The van der Waals surface area contributed by atoms with Crippen molar-refractivity contribution < 1.29 is 13.9 Å². The summed E-state index contributed by atoms with van der Waals surface area (Å²) in [7, 11) is 3.27. The average molecular weight is 528 g/mol. The van der Waals surface area contributed by atoms with Crippen molar-refractivity contribution in [2.45, 2.75) is 20.0 Å². The van der Waals surface area contributed by atoms with Gasteiger partial charge in [-0.2, -0.15) is 0 Å². The van der Waals surface area contributed by atoms with Crippen molar-refractivity contribution in [1.82, 2.24) is 15.6 Å². The third kappa shape index (κ3) is 6.36. The van der Waals surface area contributed by atoms with Crippen LogP contribution in [0.4, 0.5) is 0 Å². The number of rotatable bonds is 8. The van der Waals surface area contributed by atoms with Gasteiger partial charge in [-0.3, -0.25) is 0 Å². The lowest BCUT2D eigenvalue weighted by molar-refractivity contribution is 0.391. The van der Waals surface area contributed by atoms with Gasteiger partial charge in [0, 0.05) is 18.2 Å². The predicted molar refractivity (Wildman–Crippen MR) is 126 cm³/mol. The second kappa shape index (κ2) is 11.7. The van der Waals surface area contributed by atoms with Gasteiger partial charge in [-0.05, 0) is 30.5 Å². The van der Waals surface area contributed by atoms with Gasteiger partial charge in [-0.1, -0.05) is 6.07 Å². The molecule has 0 aliphatic heterocycles. The van der Waals surface area contributed by atoms with Crippen molar-refractivity contribution in [3.8, 4) is 22.3 Å². The molecule has 7 nitrogen and oxygen atoms in total. The second-order valence-corrected chi connectivity index (χ2v) is 6.80. The number of ether oxygens (including phenoxy) is 2. The minimum atomic E-state index is 0. The largest absolute Gasteiger partial charge is 0.497 e. The summed E-state index contributed by atoms with van der Waals surface area (Å²) >= 11 is 1.60. The van der Waals surface area contributed by atoms with E-state index in [1.54, 1.807) is 31.8 Å². The van der Waals surface area contributed by atoms with Gasteiger partial charge in [-0.15, -0.1) is 35.3 Å². The first-order valence-corrected chi connectivity index (χ1v) is 9.82. The van der Waals surface area contributed by atoms with Crippen LogP contribution in [0.5, 0.6) is 11.5 Å². The number of guanidine groups is 1. The molecule has 29 heavy (non-hydrogen) atoms. The minimum Gasteiger partial charge on any atom is -0.497 e. The van der Waals surface area contributed by atoms with Crippen LogP contribution in [0.3, 0.4) is 0 Å². The van der Waals surface area contributed by atoms with E-state index >= 15 is 0 Å². The molecule has 0 saturated heterocycles. The van der Waals surface area contributed by atoms with Gasteiger partial charge in [0.2, 0.25) is 5.89 Å². The van der Waals surface area contributed by atoms with E-state index < -0.39 is 0 Å². The summed E-state index contributed by atoms with van der Waals surface area (Å²) in [4.78, 5) is 10.2. The Kier molecular flexibility index (Phi) is 9.26. The van der Waals surface area contributed by atoms with Crippen molar-refractivity contribution in [1.29, 1.82) is 0 Å². The molecule has 9 heteroatoms. The number of halogens is 1. The molecule has 0 spiro atoms. The van der Waals surface area contributed by atoms with Gasteiger partial charge in [-0.25, -0.2) is 9.98 Å². The normalized spacial score (nSPS) is 10.9. The number of thiophene rings is 1. The first kappa shape index (κ1) is 23.0. The molecule has 2 N–H and O–H groups in total. The molecule has 2 aromatic heterocycles. The molecular formula is C20H25IN4O3S. The number of hydrogen-bond acceptors (Lipinski definition) is 6. The second-order valence-electron chi connectivity index (χ2n) is 5.85. The number of methoxy groups -OCH3 is 2. The smallest absolute Gasteiger partial charge is 0.236 e. The first-order valence-electron chi connectivity index (χ1n) is 8.94. The highest BCUT2D eigenvalue weighted by atomic mass is 127. The minimum absolute atomic E-state index is 0. The van der Waals surface area contributed by atoms with Crippen molar-refractivity contribution in [3.63, 3.8) is 0 Å². The molecule has 0 aliphatic rings. The van der Waals surface area contributed by atoms with Crippen LogP contribution >= 0.6 is 35.3 Å². The Morgan fingerprint density at radius 2 is 2.07 bits per heavy atom. The highest BCUT2D eigenvalue weighted by molar-refractivity contribution is 14.0. The van der Waals surface area contributed by atoms with Crippen molar-refractivity contribution in [2.24, 2.45) is 4.99 Å². The number of oxazole rings is 1. The maximum atomic E-state index is 5.55. The van der Waals surface area contributed by atoms with Crippen LogP contribution in [0.15, 0.2) is 51.4 Å². The number of benzene rings is 1. The molecule has 0 aliphatic carbocycles. The molecule has 3 aromatic rings. The van der Waals surface area contributed by atoms with E-state index in [2.05, 4.69) is 20.6 Å². The highest BCUT2D eigenvalue weighted by Crippen LogP contribution is 2.25. The van der Waals surface area contributed by atoms with Crippen LogP contribution in [-0.4, -0.2) is 31.7 Å². The summed E-state index contributed by atoms with van der Waals surface area (Å²) < 4.78 is 16.2. The van der Waals surface area contributed by atoms with Crippen LogP contribution in [0, 0.1) is 0 Å². The lowest BCUT2D eigenvalue weighted by atomic mass is 10.2. The fourth-order valence-electron chi connectivity index (χ4n) is 2.56. The molecule has 1 aromatic carbocycles. The fraction of sp³-hybridized carbons (Fsp3) is 0.300. The van der Waals surface area contributed by atoms with Gasteiger partial charge < -0.3 is 24.5 Å². The van der Waals surface area contributed by atoms with Gasteiger partial charge in [0.1, 0.15) is 17.8 Å². The Balaban J connectivity index is 0.00000300. The molecule has 0 fully saturated rings. The van der Waals surface area contributed by atoms with Gasteiger partial charge >= 0.3 is 0 Å². The highest BCUT2D eigenvalue weighted by Gasteiger charge is 2.09. The van der Waals surface area contributed by atoms with E-state index in [1.807, 2.05) is 42.6 Å². The Morgan fingerprint density at radius 3 is 2.76 bits per heavy atom. The molecule has 0 amide bonds. The number of hydrogen-bond donors (Lipinski definition) is 2. The molecule has 0 radical (unpaired) electrons. The maximum Gasteiger partial charge on any atom is 0.236 e. The zero-order valence-corrected chi connectivity index (χ0v) is 19.7. The molecule has 0 atom stereocenters. The zero-order chi connectivity index (χ0) is 19.8. The van der Waals surface area contributed by atoms with E-state index in [-0.39, 0.29) is 24.0 Å². The van der Waals surface area contributed by atoms with Crippen LogP contribution in [0.25, 0.3) is 10.8 Å². The van der Waals surface area contributed by atoms with Crippen molar-refractivity contribution in [2.75, 3.05) is 20.8 Å². The number of nitrogens with zero attached hydrogens (tertiary/aromatic N) is 2. The van der Waals surface area contributed by atoms with E-state index in [1.165, 1.54) is 0 Å².